The van der Waals surface area contributed by atoms with Gasteiger partial charge in [0.05, 0.1) is 12.2 Å². The van der Waals surface area contributed by atoms with Crippen molar-refractivity contribution in [2.45, 2.75) is 13.8 Å². The fourth-order valence-corrected chi connectivity index (χ4v) is 1.68. The average molecular weight is 273 g/mol. The highest BCUT2D eigenvalue weighted by Gasteiger charge is 2.06. The average Bonchev–Trinajstić information content (AvgIpc) is 2.38. The van der Waals surface area contributed by atoms with Gasteiger partial charge in [0.2, 0.25) is 11.8 Å². The second-order valence-electron chi connectivity index (χ2n) is 4.12. The van der Waals surface area contributed by atoms with Crippen molar-refractivity contribution in [2.24, 2.45) is 0 Å². The van der Waals surface area contributed by atoms with Crippen LogP contribution >= 0.6 is 0 Å². The number of carboxylic acid groups (broad SMARTS) is 1. The summed E-state index contributed by atoms with van der Waals surface area (Å²) >= 11 is 0. The maximum Gasteiger partial charge on any atom is 0.335 e. The van der Waals surface area contributed by atoms with Crippen molar-refractivity contribution in [1.29, 1.82) is 0 Å². The zero-order valence-electron chi connectivity index (χ0n) is 11.3. The summed E-state index contributed by atoms with van der Waals surface area (Å²) in [6.45, 7) is 4.23. The van der Waals surface area contributed by atoms with Crippen molar-refractivity contribution < 1.29 is 14.6 Å². The normalized spacial score (nSPS) is 10.1. The molecule has 2 rings (SSSR count). The number of hydrogen-bond donors (Lipinski definition) is 2. The van der Waals surface area contributed by atoms with E-state index in [1.165, 1.54) is 12.1 Å². The van der Waals surface area contributed by atoms with Crippen LogP contribution in [0.15, 0.2) is 30.3 Å². The number of benzene rings is 1. The molecule has 0 unspecified atom stereocenters. The molecule has 0 aliphatic carbocycles. The molecule has 0 bridgehead atoms. The highest BCUT2D eigenvalue weighted by molar-refractivity contribution is 5.88. The van der Waals surface area contributed by atoms with Crippen LogP contribution in [0.5, 0.6) is 5.88 Å². The minimum atomic E-state index is -0.978. The first-order chi connectivity index (χ1) is 9.58. The Balaban J connectivity index is 2.25. The van der Waals surface area contributed by atoms with Gasteiger partial charge in [0, 0.05) is 17.4 Å². The lowest BCUT2D eigenvalue weighted by Crippen LogP contribution is -2.03. The largest absolute Gasteiger partial charge is 0.478 e. The van der Waals surface area contributed by atoms with Crippen molar-refractivity contribution >= 4 is 17.6 Å². The summed E-state index contributed by atoms with van der Waals surface area (Å²) in [6.07, 6.45) is 0. The van der Waals surface area contributed by atoms with E-state index in [0.29, 0.717) is 24.1 Å². The summed E-state index contributed by atoms with van der Waals surface area (Å²) in [5.74, 6) is -0.123. The molecular weight excluding hydrogens is 258 g/mol. The Bertz CT molecular complexity index is 629. The number of nitrogens with one attached hydrogen (secondary N) is 1. The molecule has 0 saturated carbocycles. The van der Waals surface area contributed by atoms with Crippen LogP contribution in [0, 0.1) is 6.92 Å². The zero-order valence-corrected chi connectivity index (χ0v) is 11.3. The van der Waals surface area contributed by atoms with Crippen molar-refractivity contribution in [1.82, 2.24) is 9.97 Å². The maximum absolute atomic E-state index is 10.9. The predicted molar refractivity (Wildman–Crippen MR) is 74.6 cm³/mol. The first-order valence-electron chi connectivity index (χ1n) is 6.17. The molecule has 0 fully saturated rings. The van der Waals surface area contributed by atoms with Gasteiger partial charge in [-0.15, -0.1) is 0 Å². The van der Waals surface area contributed by atoms with Gasteiger partial charge in [-0.3, -0.25) is 0 Å². The van der Waals surface area contributed by atoms with Gasteiger partial charge in [-0.1, -0.05) is 6.07 Å². The molecule has 0 radical (unpaired) electrons. The van der Waals surface area contributed by atoms with Crippen molar-refractivity contribution in [3.63, 3.8) is 0 Å². The van der Waals surface area contributed by atoms with Crippen LogP contribution in [0.25, 0.3) is 0 Å². The first-order valence-corrected chi connectivity index (χ1v) is 6.17. The topological polar surface area (TPSA) is 84.3 Å². The van der Waals surface area contributed by atoms with Gasteiger partial charge in [0.15, 0.2) is 0 Å². The molecule has 104 valence electrons. The minimum absolute atomic E-state index is 0.202. The van der Waals surface area contributed by atoms with E-state index in [-0.39, 0.29) is 5.56 Å². The number of nitrogens with zero attached hydrogens (tertiary/aromatic N) is 2. The molecule has 1 heterocycles. The van der Waals surface area contributed by atoms with E-state index < -0.39 is 5.97 Å². The monoisotopic (exact) mass is 273 g/mol. The molecule has 1 aromatic carbocycles. The SMILES string of the molecule is CCOc1cc(C)nc(Nc2cccc(C(=O)O)c2)n1. The highest BCUT2D eigenvalue weighted by Crippen LogP contribution is 2.18. The molecule has 0 spiro atoms. The second kappa shape index (κ2) is 6.01. The van der Waals surface area contributed by atoms with Crippen LogP contribution in [0.4, 0.5) is 11.6 Å². The zero-order chi connectivity index (χ0) is 14.5. The molecule has 0 atom stereocenters. The Morgan fingerprint density at radius 3 is 2.85 bits per heavy atom. The van der Waals surface area contributed by atoms with E-state index >= 15 is 0 Å². The molecule has 2 N–H and O–H groups in total. The van der Waals surface area contributed by atoms with Crippen molar-refractivity contribution in [3.05, 3.63) is 41.6 Å². The number of hydrogen-bond acceptors (Lipinski definition) is 5. The standard InChI is InChI=1S/C14H15N3O3/c1-3-20-12-7-9(2)15-14(17-12)16-11-6-4-5-10(8-11)13(18)19/h4-8H,3H2,1-2H3,(H,18,19)(H,15,16,17). The third kappa shape index (κ3) is 3.44. The number of aromatic carboxylic acids is 1. The number of carbonyl (C=O) groups is 1. The molecule has 1 aromatic heterocycles. The molecular formula is C14H15N3O3. The fourth-order valence-electron chi connectivity index (χ4n) is 1.68. The molecule has 0 amide bonds. The van der Waals surface area contributed by atoms with Crippen LogP contribution in [-0.4, -0.2) is 27.7 Å². The van der Waals surface area contributed by atoms with Gasteiger partial charge in [-0.25, -0.2) is 9.78 Å². The third-order valence-corrected chi connectivity index (χ3v) is 2.49. The van der Waals surface area contributed by atoms with E-state index in [1.807, 2.05) is 13.8 Å². The molecule has 2 aromatic rings. The van der Waals surface area contributed by atoms with Gasteiger partial charge >= 0.3 is 5.97 Å². The van der Waals surface area contributed by atoms with Crippen LogP contribution < -0.4 is 10.1 Å². The Morgan fingerprint density at radius 1 is 1.35 bits per heavy atom. The molecule has 6 heteroatoms. The van der Waals surface area contributed by atoms with E-state index in [0.717, 1.165) is 5.69 Å². The third-order valence-electron chi connectivity index (χ3n) is 2.49. The van der Waals surface area contributed by atoms with Crippen molar-refractivity contribution in [2.75, 3.05) is 11.9 Å². The van der Waals surface area contributed by atoms with Gasteiger partial charge in [0.25, 0.3) is 0 Å². The van der Waals surface area contributed by atoms with Crippen LogP contribution in [0.3, 0.4) is 0 Å². The quantitative estimate of drug-likeness (QED) is 0.871. The number of anilines is 2. The lowest BCUT2D eigenvalue weighted by molar-refractivity contribution is 0.0697. The number of aryl methyl sites for hydroxylation is 1. The molecule has 0 saturated heterocycles. The van der Waals surface area contributed by atoms with Crippen LogP contribution in [0.2, 0.25) is 0 Å². The summed E-state index contributed by atoms with van der Waals surface area (Å²) in [4.78, 5) is 19.4. The van der Waals surface area contributed by atoms with Crippen molar-refractivity contribution in [3.8, 4) is 5.88 Å². The van der Waals surface area contributed by atoms with Gasteiger partial charge < -0.3 is 15.2 Å². The lowest BCUT2D eigenvalue weighted by Gasteiger charge is -2.08. The molecule has 0 aliphatic heterocycles. The van der Waals surface area contributed by atoms with Crippen LogP contribution in [0.1, 0.15) is 23.0 Å². The molecule has 6 nitrogen and oxygen atoms in total. The Hall–Kier alpha value is -2.63. The Labute approximate surface area is 116 Å². The summed E-state index contributed by atoms with van der Waals surface area (Å²) in [5.41, 5.74) is 1.57. The maximum atomic E-state index is 10.9. The predicted octanol–water partition coefficient (Wildman–Crippen LogP) is 2.63. The summed E-state index contributed by atoms with van der Waals surface area (Å²) in [5, 5.41) is 11.9. The van der Waals surface area contributed by atoms with Gasteiger partial charge in [0.1, 0.15) is 0 Å². The second-order valence-corrected chi connectivity index (χ2v) is 4.12. The van der Waals surface area contributed by atoms with E-state index in [4.69, 9.17) is 9.84 Å². The summed E-state index contributed by atoms with van der Waals surface area (Å²) in [7, 11) is 0. The smallest absolute Gasteiger partial charge is 0.335 e. The van der Waals surface area contributed by atoms with Gasteiger partial charge in [-0.05, 0) is 32.0 Å². The lowest BCUT2D eigenvalue weighted by atomic mass is 10.2. The molecule has 0 aliphatic rings. The van der Waals surface area contributed by atoms with E-state index in [1.54, 1.807) is 18.2 Å². The summed E-state index contributed by atoms with van der Waals surface area (Å²) < 4.78 is 5.34. The fraction of sp³-hybridized carbons (Fsp3) is 0.214. The summed E-state index contributed by atoms with van der Waals surface area (Å²) in [6, 6.07) is 8.19. The number of rotatable bonds is 5. The van der Waals surface area contributed by atoms with E-state index in [2.05, 4.69) is 15.3 Å². The van der Waals surface area contributed by atoms with Crippen LogP contribution in [-0.2, 0) is 0 Å². The first kappa shape index (κ1) is 13.8. The van der Waals surface area contributed by atoms with E-state index in [9.17, 15) is 4.79 Å². The Kier molecular flexibility index (Phi) is 4.14. The Morgan fingerprint density at radius 2 is 2.15 bits per heavy atom. The highest BCUT2D eigenvalue weighted by atomic mass is 16.5. The number of ether oxygens (including phenoxy) is 1. The number of carboxylic acids is 1. The number of aromatic nitrogens is 2. The molecule has 20 heavy (non-hydrogen) atoms. The minimum Gasteiger partial charge on any atom is -0.478 e. The van der Waals surface area contributed by atoms with Gasteiger partial charge in [-0.2, -0.15) is 4.98 Å².